The molecule has 0 aliphatic carbocycles. The van der Waals surface area contributed by atoms with Crippen molar-refractivity contribution in [2.45, 2.75) is 25.3 Å². The number of aryl methyl sites for hydroxylation is 1. The number of benzene rings is 3. The minimum absolute atomic E-state index is 0.0196. The first-order chi connectivity index (χ1) is 18.5. The van der Waals surface area contributed by atoms with Crippen molar-refractivity contribution in [1.82, 2.24) is 4.90 Å². The minimum atomic E-state index is -4.23. The van der Waals surface area contributed by atoms with Crippen molar-refractivity contribution in [3.05, 3.63) is 85.8 Å². The van der Waals surface area contributed by atoms with E-state index in [1.807, 2.05) is 53.8 Å². The number of nitrogens with zero attached hydrogens (tertiary/aromatic N) is 1. The first kappa shape index (κ1) is 28.6. The second-order valence-electron chi connectivity index (χ2n) is 8.47. The van der Waals surface area contributed by atoms with Crippen molar-refractivity contribution in [3.63, 3.8) is 0 Å². The van der Waals surface area contributed by atoms with Crippen LogP contribution >= 0.6 is 34.4 Å². The van der Waals surface area contributed by atoms with Gasteiger partial charge in [0.1, 0.15) is 4.90 Å². The molecule has 0 spiro atoms. The largest absolute Gasteiger partial charge is 0.493 e. The molecule has 202 valence electrons. The maximum Gasteiger partial charge on any atom is 0.339 e. The number of carbonyl (C=O) groups excluding carboxylic acids is 3. The van der Waals surface area contributed by atoms with Crippen molar-refractivity contribution < 1.29 is 31.7 Å². The zero-order valence-corrected chi connectivity index (χ0v) is 24.8. The van der Waals surface area contributed by atoms with Crippen LogP contribution in [0, 0.1) is 10.5 Å². The fraction of sp³-hybridized carbons (Fsp3) is 0.148. The third kappa shape index (κ3) is 6.62. The van der Waals surface area contributed by atoms with Crippen LogP contribution in [0.2, 0.25) is 0 Å². The van der Waals surface area contributed by atoms with E-state index in [4.69, 9.17) is 8.92 Å². The molecule has 1 N–H and O–H groups in total. The Morgan fingerprint density at radius 2 is 1.79 bits per heavy atom. The molecule has 0 bridgehead atoms. The molecule has 0 aromatic heterocycles. The monoisotopic (exact) mass is 678 g/mol. The third-order valence-electron chi connectivity index (χ3n) is 5.67. The van der Waals surface area contributed by atoms with Crippen molar-refractivity contribution in [2.75, 3.05) is 12.4 Å². The molecule has 1 aliphatic heterocycles. The van der Waals surface area contributed by atoms with Crippen LogP contribution in [-0.4, -0.2) is 37.5 Å². The second kappa shape index (κ2) is 11.8. The van der Waals surface area contributed by atoms with Crippen LogP contribution < -0.4 is 14.2 Å². The van der Waals surface area contributed by atoms with Crippen molar-refractivity contribution >= 4 is 73.3 Å². The number of rotatable bonds is 8. The number of hydrogen-bond acceptors (Lipinski definition) is 8. The number of carbonyl (C=O) groups is 3. The summed E-state index contributed by atoms with van der Waals surface area (Å²) in [6.45, 7) is 3.44. The highest BCUT2D eigenvalue weighted by molar-refractivity contribution is 14.1. The van der Waals surface area contributed by atoms with Crippen LogP contribution in [0.1, 0.15) is 23.6 Å². The standard InChI is InChI=1S/C27H23IN2O7S2/c1-16-6-4-5-7-19(16)15-30-26(32)24(38-27(30)33)14-18-12-22(28)25(23(13-18)36-3)37-39(34,35)21-10-8-20(9-11-21)29-17(2)31/h4-14H,15H2,1-3H3,(H,29,31)/b24-14-. The highest BCUT2D eigenvalue weighted by Gasteiger charge is 2.35. The number of hydrogen-bond donors (Lipinski definition) is 1. The van der Waals surface area contributed by atoms with E-state index in [-0.39, 0.29) is 39.0 Å². The summed E-state index contributed by atoms with van der Waals surface area (Å²) in [5.74, 6) is -0.579. The molecule has 3 amide bonds. The molecule has 39 heavy (non-hydrogen) atoms. The number of nitrogens with one attached hydrogen (secondary N) is 1. The Hall–Kier alpha value is -3.36. The normalized spacial score (nSPS) is 14.6. The van der Waals surface area contributed by atoms with Gasteiger partial charge >= 0.3 is 10.1 Å². The maximum absolute atomic E-state index is 13.0. The molecule has 3 aromatic rings. The van der Waals surface area contributed by atoms with Gasteiger partial charge in [0.05, 0.1) is 22.1 Å². The van der Waals surface area contributed by atoms with Gasteiger partial charge in [0.2, 0.25) is 5.91 Å². The SMILES string of the molecule is COc1cc(/C=C2\SC(=O)N(Cc3ccccc3C)C2=O)cc(I)c1OS(=O)(=O)c1ccc(NC(C)=O)cc1. The van der Waals surface area contributed by atoms with Crippen molar-refractivity contribution in [1.29, 1.82) is 0 Å². The predicted molar refractivity (Wildman–Crippen MR) is 157 cm³/mol. The van der Waals surface area contributed by atoms with E-state index >= 15 is 0 Å². The zero-order chi connectivity index (χ0) is 28.3. The molecule has 4 rings (SSSR count). The van der Waals surface area contributed by atoms with Crippen molar-refractivity contribution in [3.8, 4) is 11.5 Å². The highest BCUT2D eigenvalue weighted by atomic mass is 127. The minimum Gasteiger partial charge on any atom is -0.493 e. The molecule has 1 aliphatic rings. The molecule has 0 atom stereocenters. The van der Waals surface area contributed by atoms with Crippen LogP contribution in [0.15, 0.2) is 70.5 Å². The molecule has 0 unspecified atom stereocenters. The van der Waals surface area contributed by atoms with Gasteiger partial charge in [-0.25, -0.2) is 0 Å². The summed E-state index contributed by atoms with van der Waals surface area (Å²) in [5.41, 5.74) is 2.84. The number of thioether (sulfide) groups is 1. The number of halogens is 1. The van der Waals surface area contributed by atoms with Gasteiger partial charge in [0.25, 0.3) is 11.1 Å². The van der Waals surface area contributed by atoms with E-state index in [1.165, 1.54) is 49.3 Å². The number of amides is 3. The van der Waals surface area contributed by atoms with E-state index in [1.54, 1.807) is 12.1 Å². The Labute approximate surface area is 243 Å². The highest BCUT2D eigenvalue weighted by Crippen LogP contribution is 2.39. The quantitative estimate of drug-likeness (QED) is 0.187. The van der Waals surface area contributed by atoms with E-state index in [0.29, 0.717) is 14.8 Å². The second-order valence-corrected chi connectivity index (χ2v) is 12.2. The third-order valence-corrected chi connectivity index (χ3v) is 8.61. The predicted octanol–water partition coefficient (Wildman–Crippen LogP) is 5.57. The van der Waals surface area contributed by atoms with Crippen LogP contribution in [0.25, 0.3) is 6.08 Å². The van der Waals surface area contributed by atoms with Gasteiger partial charge in [-0.2, -0.15) is 8.42 Å². The lowest BCUT2D eigenvalue weighted by molar-refractivity contribution is -0.123. The van der Waals surface area contributed by atoms with E-state index in [0.717, 1.165) is 22.9 Å². The molecule has 1 heterocycles. The summed E-state index contributed by atoms with van der Waals surface area (Å²) >= 11 is 2.76. The summed E-state index contributed by atoms with van der Waals surface area (Å²) in [4.78, 5) is 38.2. The molecule has 0 saturated carbocycles. The molecule has 1 saturated heterocycles. The van der Waals surface area contributed by atoms with Crippen LogP contribution in [0.4, 0.5) is 10.5 Å². The van der Waals surface area contributed by atoms with Gasteiger partial charge in [-0.05, 0) is 100 Å². The Morgan fingerprint density at radius 3 is 2.44 bits per heavy atom. The smallest absolute Gasteiger partial charge is 0.339 e. The number of anilines is 1. The summed E-state index contributed by atoms with van der Waals surface area (Å²) < 4.78 is 37.1. The van der Waals surface area contributed by atoms with Crippen molar-refractivity contribution in [2.24, 2.45) is 0 Å². The number of imide groups is 1. The first-order valence-electron chi connectivity index (χ1n) is 11.5. The Bertz CT molecular complexity index is 1600. The average molecular weight is 679 g/mol. The van der Waals surface area contributed by atoms with Gasteiger partial charge in [0.15, 0.2) is 11.5 Å². The molecular weight excluding hydrogens is 655 g/mol. The molecule has 12 heteroatoms. The lowest BCUT2D eigenvalue weighted by atomic mass is 10.1. The fourth-order valence-electron chi connectivity index (χ4n) is 3.72. The van der Waals surface area contributed by atoms with E-state index in [9.17, 15) is 22.8 Å². The summed E-state index contributed by atoms with van der Waals surface area (Å²) in [7, 11) is -2.86. The molecular formula is C27H23IN2O7S2. The van der Waals surface area contributed by atoms with Gasteiger partial charge in [-0.1, -0.05) is 24.3 Å². The lowest BCUT2D eigenvalue weighted by Crippen LogP contribution is -2.27. The van der Waals surface area contributed by atoms with E-state index in [2.05, 4.69) is 5.32 Å². The number of methoxy groups -OCH3 is 1. The summed E-state index contributed by atoms with van der Waals surface area (Å²) in [5, 5.41) is 2.20. The van der Waals surface area contributed by atoms with Gasteiger partial charge < -0.3 is 14.2 Å². The van der Waals surface area contributed by atoms with E-state index < -0.39 is 16.0 Å². The van der Waals surface area contributed by atoms with Crippen LogP contribution in [0.5, 0.6) is 11.5 Å². The zero-order valence-electron chi connectivity index (χ0n) is 21.1. The maximum atomic E-state index is 13.0. The molecule has 0 radical (unpaired) electrons. The summed E-state index contributed by atoms with van der Waals surface area (Å²) in [6, 6.07) is 16.3. The lowest BCUT2D eigenvalue weighted by Gasteiger charge is -2.14. The Kier molecular flexibility index (Phi) is 8.67. The van der Waals surface area contributed by atoms with Gasteiger partial charge in [-0.15, -0.1) is 0 Å². The van der Waals surface area contributed by atoms with Crippen LogP contribution in [0.3, 0.4) is 0 Å². The number of ether oxygens (including phenoxy) is 1. The van der Waals surface area contributed by atoms with Gasteiger partial charge in [0, 0.05) is 12.6 Å². The Morgan fingerprint density at radius 1 is 1.10 bits per heavy atom. The topological polar surface area (TPSA) is 119 Å². The summed E-state index contributed by atoms with van der Waals surface area (Å²) in [6.07, 6.45) is 1.56. The first-order valence-corrected chi connectivity index (χ1v) is 14.8. The van der Waals surface area contributed by atoms with Gasteiger partial charge in [-0.3, -0.25) is 19.3 Å². The fourth-order valence-corrected chi connectivity index (χ4v) is 6.40. The average Bonchev–Trinajstić information content (AvgIpc) is 3.14. The molecule has 3 aromatic carbocycles. The Balaban J connectivity index is 1.57. The molecule has 1 fully saturated rings. The molecule has 9 nitrogen and oxygen atoms in total. The van der Waals surface area contributed by atoms with Crippen LogP contribution in [-0.2, 0) is 26.3 Å².